The fourth-order valence-electron chi connectivity index (χ4n) is 3.79. The zero-order chi connectivity index (χ0) is 23.1. The van der Waals surface area contributed by atoms with Crippen LogP contribution in [-0.4, -0.2) is 42.3 Å². The quantitative estimate of drug-likeness (QED) is 0.682. The second-order valence-electron chi connectivity index (χ2n) is 8.94. The number of hydrogen-bond donors (Lipinski definition) is 2. The van der Waals surface area contributed by atoms with Crippen LogP contribution in [0.5, 0.6) is 0 Å². The molecule has 2 aromatic carbocycles. The summed E-state index contributed by atoms with van der Waals surface area (Å²) < 4.78 is 0. The van der Waals surface area contributed by atoms with Gasteiger partial charge in [-0.2, -0.15) is 0 Å². The molecule has 1 heterocycles. The minimum Gasteiger partial charge on any atom is -0.356 e. The number of carbonyl (C=O) groups excluding carboxylic acids is 3. The van der Waals surface area contributed by atoms with Crippen LogP contribution < -0.4 is 10.6 Å². The van der Waals surface area contributed by atoms with Crippen molar-refractivity contribution in [2.24, 2.45) is 11.8 Å². The first-order valence-electron chi connectivity index (χ1n) is 11.4. The van der Waals surface area contributed by atoms with Gasteiger partial charge in [0, 0.05) is 42.4 Å². The maximum atomic E-state index is 13.0. The number of nitrogens with one attached hydrogen (secondary N) is 2. The van der Waals surface area contributed by atoms with Crippen molar-refractivity contribution >= 4 is 23.4 Å². The maximum Gasteiger partial charge on any atom is 0.255 e. The van der Waals surface area contributed by atoms with E-state index >= 15 is 0 Å². The third kappa shape index (κ3) is 6.42. The van der Waals surface area contributed by atoms with E-state index in [0.717, 1.165) is 12.0 Å². The molecule has 6 heteroatoms. The zero-order valence-corrected chi connectivity index (χ0v) is 19.2. The summed E-state index contributed by atoms with van der Waals surface area (Å²) in [5.74, 6) is 0.339. The van der Waals surface area contributed by atoms with E-state index in [-0.39, 0.29) is 23.6 Å². The normalized spacial score (nSPS) is 14.3. The molecule has 0 spiro atoms. The molecule has 3 amide bonds. The van der Waals surface area contributed by atoms with Gasteiger partial charge in [-0.15, -0.1) is 0 Å². The van der Waals surface area contributed by atoms with Crippen molar-refractivity contribution in [1.82, 2.24) is 10.2 Å². The van der Waals surface area contributed by atoms with Crippen molar-refractivity contribution in [3.8, 4) is 0 Å². The summed E-state index contributed by atoms with van der Waals surface area (Å²) in [6.45, 7) is 8.07. The number of aryl methyl sites for hydroxylation is 1. The fourth-order valence-corrected chi connectivity index (χ4v) is 3.79. The van der Waals surface area contributed by atoms with Gasteiger partial charge in [-0.1, -0.05) is 37.6 Å². The first-order chi connectivity index (χ1) is 15.3. The highest BCUT2D eigenvalue weighted by molar-refractivity contribution is 6.05. The van der Waals surface area contributed by atoms with Gasteiger partial charge in [0.2, 0.25) is 5.91 Å². The molecule has 2 aromatic rings. The number of amides is 3. The van der Waals surface area contributed by atoms with Gasteiger partial charge in [0.15, 0.2) is 0 Å². The van der Waals surface area contributed by atoms with Crippen LogP contribution in [0, 0.1) is 18.8 Å². The van der Waals surface area contributed by atoms with Crippen LogP contribution in [0.25, 0.3) is 0 Å². The first-order valence-corrected chi connectivity index (χ1v) is 11.4. The molecule has 0 aromatic heterocycles. The maximum absolute atomic E-state index is 13.0. The number of hydrogen-bond acceptors (Lipinski definition) is 3. The monoisotopic (exact) mass is 435 g/mol. The molecule has 170 valence electrons. The molecular weight excluding hydrogens is 402 g/mol. The number of rotatable bonds is 7. The highest BCUT2D eigenvalue weighted by Gasteiger charge is 2.27. The second-order valence-corrected chi connectivity index (χ2v) is 8.94. The summed E-state index contributed by atoms with van der Waals surface area (Å²) >= 11 is 0. The minimum atomic E-state index is -0.209. The molecule has 6 nitrogen and oxygen atoms in total. The van der Waals surface area contributed by atoms with E-state index in [1.807, 2.05) is 19.1 Å². The third-order valence-corrected chi connectivity index (χ3v) is 5.86. The fraction of sp³-hybridized carbons (Fsp3) is 0.423. The van der Waals surface area contributed by atoms with Gasteiger partial charge < -0.3 is 15.5 Å². The number of benzene rings is 2. The van der Waals surface area contributed by atoms with Gasteiger partial charge in [0.1, 0.15) is 0 Å². The molecule has 0 atom stereocenters. The van der Waals surface area contributed by atoms with Crippen molar-refractivity contribution in [1.29, 1.82) is 0 Å². The lowest BCUT2D eigenvalue weighted by Crippen LogP contribution is -2.43. The highest BCUT2D eigenvalue weighted by Crippen LogP contribution is 2.21. The molecule has 1 fully saturated rings. The smallest absolute Gasteiger partial charge is 0.255 e. The van der Waals surface area contributed by atoms with Gasteiger partial charge in [-0.25, -0.2) is 0 Å². The van der Waals surface area contributed by atoms with Gasteiger partial charge in [-0.05, 0) is 62.4 Å². The number of likely N-dealkylation sites (tertiary alicyclic amines) is 1. The Kier molecular flexibility index (Phi) is 8.03. The Morgan fingerprint density at radius 1 is 1.00 bits per heavy atom. The molecule has 2 N–H and O–H groups in total. The van der Waals surface area contributed by atoms with E-state index in [1.54, 1.807) is 41.3 Å². The predicted octanol–water partition coefficient (Wildman–Crippen LogP) is 4.26. The Morgan fingerprint density at radius 3 is 2.34 bits per heavy atom. The van der Waals surface area contributed by atoms with Crippen LogP contribution in [0.3, 0.4) is 0 Å². The SMILES string of the molecule is Cc1ccc(C(=O)Nc2cccc(C(=O)N3CCC(C(=O)NCCC(C)C)CC3)c2)cc1. The summed E-state index contributed by atoms with van der Waals surface area (Å²) in [5, 5.41) is 5.88. The molecule has 0 aliphatic carbocycles. The summed E-state index contributed by atoms with van der Waals surface area (Å²) in [6, 6.07) is 14.4. The number of carbonyl (C=O) groups is 3. The second kappa shape index (κ2) is 10.9. The Hall–Kier alpha value is -3.15. The van der Waals surface area contributed by atoms with Crippen LogP contribution >= 0.6 is 0 Å². The minimum absolute atomic E-state index is 0.0358. The topological polar surface area (TPSA) is 78.5 Å². The number of anilines is 1. The van der Waals surface area contributed by atoms with E-state index < -0.39 is 0 Å². The highest BCUT2D eigenvalue weighted by atomic mass is 16.2. The summed E-state index contributed by atoms with van der Waals surface area (Å²) in [5.41, 5.74) is 2.78. The Labute approximate surface area is 190 Å². The predicted molar refractivity (Wildman–Crippen MR) is 127 cm³/mol. The van der Waals surface area contributed by atoms with Crippen LogP contribution in [-0.2, 0) is 4.79 Å². The molecule has 1 saturated heterocycles. The Morgan fingerprint density at radius 2 is 1.69 bits per heavy atom. The molecule has 0 saturated carbocycles. The standard InChI is InChI=1S/C26H33N3O3/c1-18(2)11-14-27-24(30)21-12-15-29(16-13-21)26(32)22-5-4-6-23(17-22)28-25(31)20-9-7-19(3)8-10-20/h4-10,17-18,21H,11-16H2,1-3H3,(H,27,30)(H,28,31). The van der Waals surface area contributed by atoms with Crippen LogP contribution in [0.4, 0.5) is 5.69 Å². The average Bonchev–Trinajstić information content (AvgIpc) is 2.79. The molecule has 0 bridgehead atoms. The Balaban J connectivity index is 1.54. The van der Waals surface area contributed by atoms with Crippen molar-refractivity contribution < 1.29 is 14.4 Å². The molecule has 3 rings (SSSR count). The van der Waals surface area contributed by atoms with Crippen molar-refractivity contribution in [2.75, 3.05) is 25.0 Å². The summed E-state index contributed by atoms with van der Waals surface area (Å²) in [4.78, 5) is 39.6. The van der Waals surface area contributed by atoms with Gasteiger partial charge in [-0.3, -0.25) is 14.4 Å². The van der Waals surface area contributed by atoms with Crippen molar-refractivity contribution in [2.45, 2.75) is 40.0 Å². The molecule has 0 radical (unpaired) electrons. The lowest BCUT2D eigenvalue weighted by Gasteiger charge is -2.31. The average molecular weight is 436 g/mol. The van der Waals surface area contributed by atoms with E-state index in [4.69, 9.17) is 0 Å². The van der Waals surface area contributed by atoms with Crippen molar-refractivity contribution in [3.63, 3.8) is 0 Å². The summed E-state index contributed by atoms with van der Waals surface area (Å²) in [7, 11) is 0. The zero-order valence-electron chi connectivity index (χ0n) is 19.2. The van der Waals surface area contributed by atoms with E-state index in [0.29, 0.717) is 55.2 Å². The van der Waals surface area contributed by atoms with E-state index in [1.165, 1.54) is 0 Å². The third-order valence-electron chi connectivity index (χ3n) is 5.86. The Bertz CT molecular complexity index is 945. The molecule has 1 aliphatic heterocycles. The molecule has 32 heavy (non-hydrogen) atoms. The lowest BCUT2D eigenvalue weighted by atomic mass is 9.95. The largest absolute Gasteiger partial charge is 0.356 e. The molecule has 1 aliphatic rings. The molecule has 0 unspecified atom stereocenters. The van der Waals surface area contributed by atoms with E-state index in [2.05, 4.69) is 24.5 Å². The van der Waals surface area contributed by atoms with Crippen molar-refractivity contribution in [3.05, 3.63) is 65.2 Å². The van der Waals surface area contributed by atoms with E-state index in [9.17, 15) is 14.4 Å². The van der Waals surface area contributed by atoms with Crippen LogP contribution in [0.1, 0.15) is 59.4 Å². The van der Waals surface area contributed by atoms with Crippen LogP contribution in [0.15, 0.2) is 48.5 Å². The van der Waals surface area contributed by atoms with Gasteiger partial charge in [0.25, 0.3) is 11.8 Å². The van der Waals surface area contributed by atoms with Crippen LogP contribution in [0.2, 0.25) is 0 Å². The molecular formula is C26H33N3O3. The first kappa shape index (κ1) is 23.5. The van der Waals surface area contributed by atoms with Gasteiger partial charge >= 0.3 is 0 Å². The van der Waals surface area contributed by atoms with Gasteiger partial charge in [0.05, 0.1) is 0 Å². The number of piperidine rings is 1. The lowest BCUT2D eigenvalue weighted by molar-refractivity contribution is -0.126. The number of nitrogens with zero attached hydrogens (tertiary/aromatic N) is 1. The summed E-state index contributed by atoms with van der Waals surface area (Å²) in [6.07, 6.45) is 2.31.